The van der Waals surface area contributed by atoms with E-state index in [0.717, 1.165) is 43.1 Å². The number of sulfonamides is 2. The number of rotatable bonds is 6. The van der Waals surface area contributed by atoms with Gasteiger partial charge in [0.15, 0.2) is 0 Å². The minimum absolute atomic E-state index is 0.0262. The molecule has 7 nitrogen and oxygen atoms in total. The second kappa shape index (κ2) is 8.81. The van der Waals surface area contributed by atoms with Crippen LogP contribution in [0.4, 0.5) is 11.4 Å². The summed E-state index contributed by atoms with van der Waals surface area (Å²) in [5.41, 5.74) is 1.06. The molecule has 2 heterocycles. The third kappa shape index (κ3) is 4.88. The summed E-state index contributed by atoms with van der Waals surface area (Å²) in [7, 11) is -4.85. The molecule has 0 unspecified atom stereocenters. The number of benzene rings is 1. The summed E-state index contributed by atoms with van der Waals surface area (Å²) in [6, 6.07) is 7.72. The number of nitrogens with one attached hydrogen (secondary N) is 1. The molecule has 1 saturated heterocycles. The molecule has 0 amide bonds. The fraction of sp³-hybridized carbons (Fsp3) is 0.444. The van der Waals surface area contributed by atoms with E-state index in [2.05, 4.69) is 9.62 Å². The van der Waals surface area contributed by atoms with Gasteiger partial charge >= 0.3 is 0 Å². The molecular weight excluding hydrogens is 454 g/mol. The van der Waals surface area contributed by atoms with E-state index in [9.17, 15) is 16.8 Å². The first-order valence-electron chi connectivity index (χ1n) is 9.21. The van der Waals surface area contributed by atoms with Crippen molar-refractivity contribution in [3.63, 3.8) is 0 Å². The van der Waals surface area contributed by atoms with E-state index in [1.165, 1.54) is 26.2 Å². The summed E-state index contributed by atoms with van der Waals surface area (Å²) in [4.78, 5) is 2.11. The second-order valence-electron chi connectivity index (χ2n) is 7.00. The predicted octanol–water partition coefficient (Wildman–Crippen LogP) is 3.83. The Kier molecular flexibility index (Phi) is 6.79. The van der Waals surface area contributed by atoms with Crippen LogP contribution in [0, 0.1) is 0 Å². The summed E-state index contributed by atoms with van der Waals surface area (Å²) >= 11 is 7.15. The minimum Gasteiger partial charge on any atom is -0.369 e. The predicted molar refractivity (Wildman–Crippen MR) is 118 cm³/mol. The van der Waals surface area contributed by atoms with E-state index in [0.29, 0.717) is 27.7 Å². The van der Waals surface area contributed by atoms with Crippen LogP contribution in [-0.2, 0) is 20.0 Å². The van der Waals surface area contributed by atoms with Crippen LogP contribution in [0.2, 0.25) is 5.02 Å². The third-order valence-corrected chi connectivity index (χ3v) is 10.2. The number of para-hydroxylation sites is 1. The molecule has 160 valence electrons. The van der Waals surface area contributed by atoms with E-state index in [-0.39, 0.29) is 8.42 Å². The van der Waals surface area contributed by atoms with E-state index in [1.54, 1.807) is 18.2 Å². The highest BCUT2D eigenvalue weighted by Crippen LogP contribution is 2.37. The highest BCUT2D eigenvalue weighted by Gasteiger charge is 2.26. The standard InChI is InChI=1S/C18H24ClN3O4S3/c1-21(2)29(25,26)17-11-10-16(27-17)28(23,24)20-15-9-7-8-14(19)18(15)22-12-5-3-4-6-13-22/h7-11,20H,3-6,12-13H2,1-2H3. The monoisotopic (exact) mass is 477 g/mol. The molecule has 1 aromatic carbocycles. The average Bonchev–Trinajstić information content (AvgIpc) is 3.02. The first kappa shape index (κ1) is 22.4. The van der Waals surface area contributed by atoms with Gasteiger partial charge < -0.3 is 4.90 Å². The molecule has 3 rings (SSSR count). The van der Waals surface area contributed by atoms with Crippen LogP contribution in [0.15, 0.2) is 38.8 Å². The Morgan fingerprint density at radius 3 is 2.21 bits per heavy atom. The zero-order valence-electron chi connectivity index (χ0n) is 16.3. The van der Waals surface area contributed by atoms with Gasteiger partial charge in [-0.25, -0.2) is 21.1 Å². The number of hydrogen-bond acceptors (Lipinski definition) is 6. The molecule has 1 fully saturated rings. The molecule has 0 radical (unpaired) electrons. The lowest BCUT2D eigenvalue weighted by Crippen LogP contribution is -2.26. The number of thiophene rings is 1. The molecule has 0 saturated carbocycles. The fourth-order valence-electron chi connectivity index (χ4n) is 3.17. The zero-order valence-corrected chi connectivity index (χ0v) is 19.5. The van der Waals surface area contributed by atoms with Gasteiger partial charge in [0.2, 0.25) is 0 Å². The number of hydrogen-bond donors (Lipinski definition) is 1. The van der Waals surface area contributed by atoms with Gasteiger partial charge in [0.05, 0.1) is 16.4 Å². The maximum atomic E-state index is 13.0. The van der Waals surface area contributed by atoms with Crippen molar-refractivity contribution < 1.29 is 16.8 Å². The van der Waals surface area contributed by atoms with Crippen LogP contribution in [0.25, 0.3) is 0 Å². The molecule has 1 aliphatic rings. The smallest absolute Gasteiger partial charge is 0.271 e. The normalized spacial score (nSPS) is 16.1. The largest absolute Gasteiger partial charge is 0.369 e. The van der Waals surface area contributed by atoms with Crippen molar-refractivity contribution in [2.75, 3.05) is 36.8 Å². The third-order valence-electron chi connectivity index (χ3n) is 4.71. The molecule has 1 N–H and O–H groups in total. The molecule has 1 aromatic heterocycles. The van der Waals surface area contributed by atoms with Crippen LogP contribution < -0.4 is 9.62 Å². The van der Waals surface area contributed by atoms with E-state index < -0.39 is 20.0 Å². The number of anilines is 2. The molecule has 2 aromatic rings. The van der Waals surface area contributed by atoms with Gasteiger partial charge in [-0.2, -0.15) is 0 Å². The van der Waals surface area contributed by atoms with Gasteiger partial charge in [0.25, 0.3) is 20.0 Å². The van der Waals surface area contributed by atoms with Crippen molar-refractivity contribution in [1.82, 2.24) is 4.31 Å². The summed E-state index contributed by atoms with van der Waals surface area (Å²) in [6.45, 7) is 1.62. The Morgan fingerprint density at radius 2 is 1.59 bits per heavy atom. The molecule has 0 aliphatic carbocycles. The Hall–Kier alpha value is -1.33. The van der Waals surface area contributed by atoms with Crippen LogP contribution in [0.5, 0.6) is 0 Å². The maximum absolute atomic E-state index is 13.0. The highest BCUT2D eigenvalue weighted by atomic mass is 35.5. The van der Waals surface area contributed by atoms with Crippen molar-refractivity contribution in [1.29, 1.82) is 0 Å². The van der Waals surface area contributed by atoms with Crippen LogP contribution in [0.3, 0.4) is 0 Å². The van der Waals surface area contributed by atoms with Crippen molar-refractivity contribution >= 4 is 54.4 Å². The molecule has 0 spiro atoms. The lowest BCUT2D eigenvalue weighted by atomic mass is 10.2. The van der Waals surface area contributed by atoms with Gasteiger partial charge in [-0.3, -0.25) is 4.72 Å². The molecule has 0 bridgehead atoms. The summed E-state index contributed by atoms with van der Waals surface area (Å²) in [5.74, 6) is 0. The number of nitrogens with zero attached hydrogens (tertiary/aromatic N) is 2. The minimum atomic E-state index is -3.97. The molecule has 11 heteroatoms. The molecule has 0 atom stereocenters. The average molecular weight is 478 g/mol. The van der Waals surface area contributed by atoms with Crippen LogP contribution >= 0.6 is 22.9 Å². The second-order valence-corrected chi connectivity index (χ2v) is 12.8. The first-order chi connectivity index (χ1) is 13.6. The summed E-state index contributed by atoms with van der Waals surface area (Å²) < 4.78 is 54.0. The van der Waals surface area contributed by atoms with Gasteiger partial charge in [0, 0.05) is 27.2 Å². The van der Waals surface area contributed by atoms with E-state index in [4.69, 9.17) is 11.6 Å². The van der Waals surface area contributed by atoms with Crippen molar-refractivity contribution in [3.05, 3.63) is 35.4 Å². The maximum Gasteiger partial charge on any atom is 0.271 e. The van der Waals surface area contributed by atoms with Gasteiger partial charge in [0.1, 0.15) is 8.42 Å². The topological polar surface area (TPSA) is 86.8 Å². The van der Waals surface area contributed by atoms with Crippen LogP contribution in [0.1, 0.15) is 25.7 Å². The Morgan fingerprint density at radius 1 is 0.966 bits per heavy atom. The summed E-state index contributed by atoms with van der Waals surface area (Å²) in [5, 5.41) is 0.481. The van der Waals surface area contributed by atoms with Gasteiger partial charge in [-0.05, 0) is 37.1 Å². The molecule has 1 aliphatic heterocycles. The van der Waals surface area contributed by atoms with Gasteiger partial charge in [-0.15, -0.1) is 11.3 Å². The quantitative estimate of drug-likeness (QED) is 0.683. The highest BCUT2D eigenvalue weighted by molar-refractivity contribution is 7.96. The molecular formula is C18H24ClN3O4S3. The molecule has 29 heavy (non-hydrogen) atoms. The van der Waals surface area contributed by atoms with Crippen LogP contribution in [-0.4, -0.2) is 48.3 Å². The van der Waals surface area contributed by atoms with Crippen molar-refractivity contribution in [2.45, 2.75) is 34.1 Å². The first-order valence-corrected chi connectivity index (χ1v) is 13.3. The zero-order chi connectivity index (χ0) is 21.2. The van der Waals surface area contributed by atoms with E-state index >= 15 is 0 Å². The lowest BCUT2D eigenvalue weighted by Gasteiger charge is -2.26. The SMILES string of the molecule is CN(C)S(=O)(=O)c1ccc(S(=O)(=O)Nc2cccc(Cl)c2N2CCCCCC2)s1. The van der Waals surface area contributed by atoms with Gasteiger partial charge in [-0.1, -0.05) is 30.5 Å². The lowest BCUT2D eigenvalue weighted by molar-refractivity contribution is 0.523. The van der Waals surface area contributed by atoms with E-state index in [1.807, 2.05) is 0 Å². The Bertz CT molecular complexity index is 1070. The Balaban J connectivity index is 1.94. The van der Waals surface area contributed by atoms with Crippen molar-refractivity contribution in [2.24, 2.45) is 0 Å². The Labute approximate surface area is 181 Å². The van der Waals surface area contributed by atoms with Crippen molar-refractivity contribution in [3.8, 4) is 0 Å². The number of halogens is 1. The summed E-state index contributed by atoms with van der Waals surface area (Å²) in [6.07, 6.45) is 4.32. The fourth-order valence-corrected chi connectivity index (χ4v) is 7.47.